The first-order valence-electron chi connectivity index (χ1n) is 5.48. The van der Waals surface area contributed by atoms with E-state index in [0.717, 1.165) is 0 Å². The van der Waals surface area contributed by atoms with E-state index in [1.165, 1.54) is 4.90 Å². The zero-order valence-electron chi connectivity index (χ0n) is 9.71. The Labute approximate surface area is 98.2 Å². The Bertz CT molecular complexity index is 454. The molecule has 17 heavy (non-hydrogen) atoms. The van der Waals surface area contributed by atoms with Gasteiger partial charge in [0.15, 0.2) is 0 Å². The molecule has 2 atom stereocenters. The molecule has 2 heterocycles. The van der Waals surface area contributed by atoms with Crippen LogP contribution in [-0.2, 0) is 4.79 Å². The third-order valence-corrected chi connectivity index (χ3v) is 3.17. The maximum absolute atomic E-state index is 12.0. The summed E-state index contributed by atoms with van der Waals surface area (Å²) in [7, 11) is 0. The summed E-state index contributed by atoms with van der Waals surface area (Å²) in [5, 5.41) is 12.6. The number of rotatable bonds is 2. The zero-order chi connectivity index (χ0) is 12.6. The van der Waals surface area contributed by atoms with E-state index in [9.17, 15) is 9.59 Å². The van der Waals surface area contributed by atoms with Gasteiger partial charge in [-0.25, -0.2) is 0 Å². The van der Waals surface area contributed by atoms with Gasteiger partial charge < -0.3 is 14.5 Å². The van der Waals surface area contributed by atoms with Crippen LogP contribution in [0.25, 0.3) is 0 Å². The highest BCUT2D eigenvalue weighted by atomic mass is 16.5. The molecule has 1 aromatic heterocycles. The standard InChI is InChI=1S/C11H14N2O4/c1-6-5-9(17-12-6)10(14)13-4-3-8(7(13)2)11(15)16/h5,7-8H,3-4H2,1-2H3,(H,15,16). The fourth-order valence-electron chi connectivity index (χ4n) is 2.16. The average Bonchev–Trinajstić information content (AvgIpc) is 2.83. The second-order valence-corrected chi connectivity index (χ2v) is 4.31. The van der Waals surface area contributed by atoms with Gasteiger partial charge in [0.1, 0.15) is 0 Å². The summed E-state index contributed by atoms with van der Waals surface area (Å²) in [6, 6.07) is 1.24. The number of aromatic nitrogens is 1. The molecule has 6 heteroatoms. The predicted octanol–water partition coefficient (Wildman–Crippen LogP) is 0.918. The highest BCUT2D eigenvalue weighted by molar-refractivity contribution is 5.92. The van der Waals surface area contributed by atoms with E-state index in [-0.39, 0.29) is 17.7 Å². The van der Waals surface area contributed by atoms with Crippen LogP contribution in [0.4, 0.5) is 0 Å². The molecule has 1 fully saturated rings. The number of amides is 1. The fourth-order valence-corrected chi connectivity index (χ4v) is 2.16. The van der Waals surface area contributed by atoms with E-state index in [1.807, 2.05) is 0 Å². The van der Waals surface area contributed by atoms with Crippen molar-refractivity contribution in [2.45, 2.75) is 26.3 Å². The van der Waals surface area contributed by atoms with Crippen molar-refractivity contribution < 1.29 is 19.2 Å². The largest absolute Gasteiger partial charge is 0.481 e. The van der Waals surface area contributed by atoms with Gasteiger partial charge in [-0.3, -0.25) is 9.59 Å². The fraction of sp³-hybridized carbons (Fsp3) is 0.545. The summed E-state index contributed by atoms with van der Waals surface area (Å²) in [6.45, 7) is 3.91. The minimum atomic E-state index is -0.860. The number of carbonyl (C=O) groups is 2. The van der Waals surface area contributed by atoms with Crippen molar-refractivity contribution in [1.29, 1.82) is 0 Å². The summed E-state index contributed by atoms with van der Waals surface area (Å²) in [6.07, 6.45) is 0.482. The Morgan fingerprint density at radius 2 is 2.29 bits per heavy atom. The molecule has 1 N–H and O–H groups in total. The second kappa shape index (κ2) is 4.20. The lowest BCUT2D eigenvalue weighted by Gasteiger charge is -2.21. The maximum atomic E-state index is 12.0. The van der Waals surface area contributed by atoms with Crippen LogP contribution < -0.4 is 0 Å². The zero-order valence-corrected chi connectivity index (χ0v) is 9.71. The predicted molar refractivity (Wildman–Crippen MR) is 57.5 cm³/mol. The number of hydrogen-bond acceptors (Lipinski definition) is 4. The molecule has 0 bridgehead atoms. The van der Waals surface area contributed by atoms with Crippen LogP contribution in [0.2, 0.25) is 0 Å². The van der Waals surface area contributed by atoms with Gasteiger partial charge in [0.25, 0.3) is 5.91 Å². The van der Waals surface area contributed by atoms with Crippen LogP contribution in [-0.4, -0.2) is 39.6 Å². The molecule has 1 aromatic rings. The Morgan fingerprint density at radius 3 is 2.76 bits per heavy atom. The van der Waals surface area contributed by atoms with Crippen LogP contribution in [0.15, 0.2) is 10.6 Å². The molecular weight excluding hydrogens is 224 g/mol. The normalized spacial score (nSPS) is 24.0. The van der Waals surface area contributed by atoms with Crippen LogP contribution in [0.1, 0.15) is 29.6 Å². The number of hydrogen-bond donors (Lipinski definition) is 1. The summed E-state index contributed by atoms with van der Waals surface area (Å²) in [5.74, 6) is -1.48. The number of nitrogens with zero attached hydrogens (tertiary/aromatic N) is 2. The lowest BCUT2D eigenvalue weighted by atomic mass is 10.0. The third kappa shape index (κ3) is 2.02. The molecular formula is C11H14N2O4. The van der Waals surface area contributed by atoms with E-state index >= 15 is 0 Å². The van der Waals surface area contributed by atoms with Crippen LogP contribution in [0.5, 0.6) is 0 Å². The van der Waals surface area contributed by atoms with Gasteiger partial charge in [-0.05, 0) is 20.3 Å². The smallest absolute Gasteiger partial charge is 0.308 e. The van der Waals surface area contributed by atoms with E-state index in [0.29, 0.717) is 18.7 Å². The number of aliphatic carboxylic acids is 1. The number of carboxylic acids is 1. The van der Waals surface area contributed by atoms with Gasteiger partial charge >= 0.3 is 5.97 Å². The Hall–Kier alpha value is -1.85. The highest BCUT2D eigenvalue weighted by Crippen LogP contribution is 2.26. The van der Waals surface area contributed by atoms with E-state index in [1.54, 1.807) is 19.9 Å². The molecule has 0 radical (unpaired) electrons. The number of aryl methyl sites for hydroxylation is 1. The molecule has 2 rings (SSSR count). The van der Waals surface area contributed by atoms with Crippen molar-refractivity contribution in [1.82, 2.24) is 10.1 Å². The molecule has 0 aliphatic carbocycles. The summed E-state index contributed by atoms with van der Waals surface area (Å²) in [4.78, 5) is 24.5. The molecule has 2 unspecified atom stereocenters. The Morgan fingerprint density at radius 1 is 1.59 bits per heavy atom. The highest BCUT2D eigenvalue weighted by Gasteiger charge is 2.39. The minimum Gasteiger partial charge on any atom is -0.481 e. The van der Waals surface area contributed by atoms with Gasteiger partial charge in [-0.2, -0.15) is 0 Å². The summed E-state index contributed by atoms with van der Waals surface area (Å²) < 4.78 is 4.89. The molecule has 1 saturated heterocycles. The Kier molecular flexibility index (Phi) is 2.87. The van der Waals surface area contributed by atoms with Gasteiger partial charge in [0.2, 0.25) is 5.76 Å². The monoisotopic (exact) mass is 238 g/mol. The lowest BCUT2D eigenvalue weighted by Crippen LogP contribution is -2.37. The minimum absolute atomic E-state index is 0.167. The molecule has 0 saturated carbocycles. The number of likely N-dealkylation sites (tertiary alicyclic amines) is 1. The molecule has 92 valence electrons. The quantitative estimate of drug-likeness (QED) is 0.828. The van der Waals surface area contributed by atoms with Crippen LogP contribution in [0.3, 0.4) is 0 Å². The lowest BCUT2D eigenvalue weighted by molar-refractivity contribution is -0.142. The van der Waals surface area contributed by atoms with Gasteiger partial charge in [0.05, 0.1) is 11.6 Å². The number of carboxylic acid groups (broad SMARTS) is 1. The van der Waals surface area contributed by atoms with E-state index in [4.69, 9.17) is 9.63 Å². The molecule has 1 amide bonds. The summed E-state index contributed by atoms with van der Waals surface area (Å²) >= 11 is 0. The van der Waals surface area contributed by atoms with Gasteiger partial charge in [-0.15, -0.1) is 0 Å². The van der Waals surface area contributed by atoms with Crippen LogP contribution in [0, 0.1) is 12.8 Å². The summed E-state index contributed by atoms with van der Waals surface area (Å²) in [5.41, 5.74) is 0.634. The molecule has 1 aliphatic rings. The van der Waals surface area contributed by atoms with Crippen molar-refractivity contribution in [2.24, 2.45) is 5.92 Å². The molecule has 6 nitrogen and oxygen atoms in total. The first-order chi connectivity index (χ1) is 8.00. The maximum Gasteiger partial charge on any atom is 0.308 e. The average molecular weight is 238 g/mol. The van der Waals surface area contributed by atoms with E-state index < -0.39 is 11.9 Å². The molecule has 0 aromatic carbocycles. The van der Waals surface area contributed by atoms with Crippen molar-refractivity contribution in [3.63, 3.8) is 0 Å². The Balaban J connectivity index is 2.14. The van der Waals surface area contributed by atoms with E-state index in [2.05, 4.69) is 5.16 Å². The third-order valence-electron chi connectivity index (χ3n) is 3.17. The van der Waals surface area contributed by atoms with Gasteiger partial charge in [-0.1, -0.05) is 5.16 Å². The molecule has 1 aliphatic heterocycles. The van der Waals surface area contributed by atoms with Crippen molar-refractivity contribution in [3.05, 3.63) is 17.5 Å². The van der Waals surface area contributed by atoms with Gasteiger partial charge in [0, 0.05) is 18.7 Å². The number of carbonyl (C=O) groups excluding carboxylic acids is 1. The van der Waals surface area contributed by atoms with Crippen molar-refractivity contribution in [3.8, 4) is 0 Å². The van der Waals surface area contributed by atoms with Crippen LogP contribution >= 0.6 is 0 Å². The topological polar surface area (TPSA) is 83.6 Å². The second-order valence-electron chi connectivity index (χ2n) is 4.31. The van der Waals surface area contributed by atoms with Crippen molar-refractivity contribution in [2.75, 3.05) is 6.54 Å². The first kappa shape index (κ1) is 11.6. The SMILES string of the molecule is Cc1cc(C(=O)N2CCC(C(=O)O)C2C)on1. The van der Waals surface area contributed by atoms with Crippen molar-refractivity contribution >= 4 is 11.9 Å². The first-order valence-corrected chi connectivity index (χ1v) is 5.48. The molecule has 0 spiro atoms.